The van der Waals surface area contributed by atoms with E-state index >= 15 is 0 Å². The summed E-state index contributed by atoms with van der Waals surface area (Å²) in [5.74, 6) is -0.254. The predicted molar refractivity (Wildman–Crippen MR) is 64.4 cm³/mol. The lowest BCUT2D eigenvalue weighted by atomic mass is 10.2. The van der Waals surface area contributed by atoms with E-state index in [1.54, 1.807) is 18.3 Å². The zero-order valence-corrected chi connectivity index (χ0v) is 10.3. The summed E-state index contributed by atoms with van der Waals surface area (Å²) in [7, 11) is 0. The van der Waals surface area contributed by atoms with Gasteiger partial charge in [-0.3, -0.25) is 14.6 Å². The van der Waals surface area contributed by atoms with Crippen molar-refractivity contribution < 1.29 is 9.59 Å². The number of carbonyl (C=O) groups excluding carboxylic acids is 2. The van der Waals surface area contributed by atoms with Crippen molar-refractivity contribution in [2.24, 2.45) is 0 Å². The fourth-order valence-corrected chi connectivity index (χ4v) is 1.28. The molecule has 0 aliphatic carbocycles. The van der Waals surface area contributed by atoms with E-state index in [0.717, 1.165) is 0 Å². The first-order valence-electron chi connectivity index (χ1n) is 5.49. The highest BCUT2D eigenvalue weighted by molar-refractivity contribution is 5.94. The highest BCUT2D eigenvalue weighted by Crippen LogP contribution is 2.02. The summed E-state index contributed by atoms with van der Waals surface area (Å²) >= 11 is 0. The van der Waals surface area contributed by atoms with Gasteiger partial charge in [-0.15, -0.1) is 0 Å². The van der Waals surface area contributed by atoms with Gasteiger partial charge in [-0.1, -0.05) is 0 Å². The Hall–Kier alpha value is -1.91. The van der Waals surface area contributed by atoms with Crippen molar-refractivity contribution in [3.8, 4) is 0 Å². The van der Waals surface area contributed by atoms with Crippen LogP contribution in [0, 0.1) is 0 Å². The minimum atomic E-state index is -0.133. The quantitative estimate of drug-likeness (QED) is 0.813. The smallest absolute Gasteiger partial charge is 0.251 e. The fraction of sp³-hybridized carbons (Fsp3) is 0.417. The van der Waals surface area contributed by atoms with Gasteiger partial charge in [0.05, 0.1) is 12.2 Å². The Kier molecular flexibility index (Phi) is 4.63. The molecule has 17 heavy (non-hydrogen) atoms. The first-order valence-corrected chi connectivity index (χ1v) is 5.49. The third-order valence-electron chi connectivity index (χ3n) is 2.02. The summed E-state index contributed by atoms with van der Waals surface area (Å²) in [6.07, 6.45) is 1.56. The largest absolute Gasteiger partial charge is 0.351 e. The van der Waals surface area contributed by atoms with Gasteiger partial charge in [-0.25, -0.2) is 0 Å². The number of carbonyl (C=O) groups is 2. The highest BCUT2D eigenvalue weighted by Gasteiger charge is 2.07. The van der Waals surface area contributed by atoms with E-state index in [1.807, 2.05) is 13.8 Å². The number of rotatable bonds is 4. The van der Waals surface area contributed by atoms with Crippen molar-refractivity contribution in [3.63, 3.8) is 0 Å². The zero-order valence-electron chi connectivity index (χ0n) is 10.3. The molecule has 0 bridgehead atoms. The molecule has 92 valence electrons. The molecule has 0 aliphatic rings. The summed E-state index contributed by atoms with van der Waals surface area (Å²) in [4.78, 5) is 26.6. The molecule has 1 aromatic rings. The van der Waals surface area contributed by atoms with Crippen LogP contribution >= 0.6 is 0 Å². The van der Waals surface area contributed by atoms with Crippen molar-refractivity contribution in [1.29, 1.82) is 0 Å². The summed E-state index contributed by atoms with van der Waals surface area (Å²) in [6, 6.07) is 3.41. The van der Waals surface area contributed by atoms with E-state index in [9.17, 15) is 9.59 Å². The molecular formula is C12H17N3O2. The number of amides is 2. The van der Waals surface area contributed by atoms with Gasteiger partial charge >= 0.3 is 0 Å². The second-order valence-electron chi connectivity index (χ2n) is 4.07. The molecule has 0 spiro atoms. The van der Waals surface area contributed by atoms with Gasteiger partial charge in [0.15, 0.2) is 0 Å². The van der Waals surface area contributed by atoms with Gasteiger partial charge in [-0.05, 0) is 26.0 Å². The second-order valence-corrected chi connectivity index (χ2v) is 4.07. The summed E-state index contributed by atoms with van der Waals surface area (Å²) in [6.45, 7) is 5.57. The summed E-state index contributed by atoms with van der Waals surface area (Å²) in [5.41, 5.74) is 1.21. The van der Waals surface area contributed by atoms with Gasteiger partial charge < -0.3 is 10.6 Å². The maximum atomic E-state index is 11.7. The fourth-order valence-electron chi connectivity index (χ4n) is 1.28. The number of nitrogens with one attached hydrogen (secondary N) is 2. The summed E-state index contributed by atoms with van der Waals surface area (Å²) in [5, 5.41) is 5.43. The Morgan fingerprint density at radius 1 is 1.41 bits per heavy atom. The van der Waals surface area contributed by atoms with Crippen LogP contribution in [0.15, 0.2) is 18.3 Å². The molecule has 1 rings (SSSR count). The van der Waals surface area contributed by atoms with Crippen LogP contribution in [0.1, 0.15) is 36.8 Å². The van der Waals surface area contributed by atoms with E-state index in [1.165, 1.54) is 6.92 Å². The monoisotopic (exact) mass is 235 g/mol. The normalized spacial score (nSPS) is 10.1. The van der Waals surface area contributed by atoms with Crippen LogP contribution in [0.5, 0.6) is 0 Å². The third kappa shape index (κ3) is 4.63. The van der Waals surface area contributed by atoms with Gasteiger partial charge in [0.1, 0.15) is 0 Å². The molecule has 0 radical (unpaired) electrons. The number of pyridine rings is 1. The van der Waals surface area contributed by atoms with Gasteiger partial charge in [-0.2, -0.15) is 0 Å². The topological polar surface area (TPSA) is 71.1 Å². The molecule has 0 atom stereocenters. The van der Waals surface area contributed by atoms with Gasteiger partial charge in [0, 0.05) is 24.7 Å². The SMILES string of the molecule is CC(=O)NCc1cc(C(=O)NC(C)C)ccn1. The standard InChI is InChI=1S/C12H17N3O2/c1-8(2)15-12(17)10-4-5-13-11(6-10)7-14-9(3)16/h4-6,8H,7H2,1-3H3,(H,14,16)(H,15,17). The van der Waals surface area contributed by atoms with Crippen LogP contribution in [0.2, 0.25) is 0 Å². The Bertz CT molecular complexity index is 416. The summed E-state index contributed by atoms with van der Waals surface area (Å²) < 4.78 is 0. The molecular weight excluding hydrogens is 218 g/mol. The van der Waals surface area contributed by atoms with Crippen molar-refractivity contribution in [1.82, 2.24) is 15.6 Å². The average molecular weight is 235 g/mol. The Morgan fingerprint density at radius 2 is 2.12 bits per heavy atom. The average Bonchev–Trinajstić information content (AvgIpc) is 2.26. The molecule has 2 amide bonds. The van der Waals surface area contributed by atoms with Crippen LogP contribution in [-0.2, 0) is 11.3 Å². The lowest BCUT2D eigenvalue weighted by Crippen LogP contribution is -2.30. The van der Waals surface area contributed by atoms with Crippen LogP contribution in [-0.4, -0.2) is 22.8 Å². The van der Waals surface area contributed by atoms with E-state index in [2.05, 4.69) is 15.6 Å². The molecule has 1 heterocycles. The van der Waals surface area contributed by atoms with Crippen molar-refractivity contribution in [3.05, 3.63) is 29.6 Å². The van der Waals surface area contributed by atoms with E-state index in [0.29, 0.717) is 17.8 Å². The van der Waals surface area contributed by atoms with E-state index in [4.69, 9.17) is 0 Å². The molecule has 5 nitrogen and oxygen atoms in total. The Morgan fingerprint density at radius 3 is 2.71 bits per heavy atom. The predicted octanol–water partition coefficient (Wildman–Crippen LogP) is 0.856. The number of nitrogens with zero attached hydrogens (tertiary/aromatic N) is 1. The molecule has 0 saturated heterocycles. The molecule has 0 fully saturated rings. The van der Waals surface area contributed by atoms with Crippen molar-refractivity contribution in [2.45, 2.75) is 33.4 Å². The molecule has 0 aliphatic heterocycles. The lowest BCUT2D eigenvalue weighted by Gasteiger charge is -2.09. The minimum absolute atomic E-state index is 0.0921. The van der Waals surface area contributed by atoms with Crippen molar-refractivity contribution >= 4 is 11.8 Å². The Balaban J connectivity index is 2.71. The first-order chi connectivity index (χ1) is 7.99. The van der Waals surface area contributed by atoms with Crippen LogP contribution < -0.4 is 10.6 Å². The minimum Gasteiger partial charge on any atom is -0.351 e. The lowest BCUT2D eigenvalue weighted by molar-refractivity contribution is -0.119. The highest BCUT2D eigenvalue weighted by atomic mass is 16.2. The number of aromatic nitrogens is 1. The van der Waals surface area contributed by atoms with Crippen LogP contribution in [0.25, 0.3) is 0 Å². The maximum absolute atomic E-state index is 11.7. The van der Waals surface area contributed by atoms with Gasteiger partial charge in [0.2, 0.25) is 5.91 Å². The second kappa shape index (κ2) is 5.98. The number of hydrogen-bond acceptors (Lipinski definition) is 3. The zero-order chi connectivity index (χ0) is 12.8. The van der Waals surface area contributed by atoms with E-state index in [-0.39, 0.29) is 17.9 Å². The molecule has 2 N–H and O–H groups in total. The van der Waals surface area contributed by atoms with Crippen LogP contribution in [0.3, 0.4) is 0 Å². The van der Waals surface area contributed by atoms with Crippen LogP contribution in [0.4, 0.5) is 0 Å². The molecule has 1 aromatic heterocycles. The maximum Gasteiger partial charge on any atom is 0.251 e. The first kappa shape index (κ1) is 13.2. The molecule has 0 aromatic carbocycles. The molecule has 0 unspecified atom stereocenters. The molecule has 0 saturated carbocycles. The van der Waals surface area contributed by atoms with Crippen molar-refractivity contribution in [2.75, 3.05) is 0 Å². The third-order valence-corrected chi connectivity index (χ3v) is 2.02. The van der Waals surface area contributed by atoms with E-state index < -0.39 is 0 Å². The van der Waals surface area contributed by atoms with Gasteiger partial charge in [0.25, 0.3) is 5.91 Å². The molecule has 5 heteroatoms. The number of hydrogen-bond donors (Lipinski definition) is 2. The Labute approximate surface area is 101 Å².